The molecule has 0 spiro atoms. The molecule has 0 aromatic carbocycles. The Morgan fingerprint density at radius 3 is 2.68 bits per heavy atom. The number of pyridine rings is 1. The predicted octanol–water partition coefficient (Wildman–Crippen LogP) is 3.52. The van der Waals surface area contributed by atoms with Crippen molar-refractivity contribution in [3.8, 4) is 5.82 Å². The van der Waals surface area contributed by atoms with E-state index in [4.69, 9.17) is 4.98 Å². The van der Waals surface area contributed by atoms with Gasteiger partial charge in [0.2, 0.25) is 5.95 Å². The lowest BCUT2D eigenvalue weighted by Crippen LogP contribution is -2.25. The molecule has 3 aromatic heterocycles. The quantitative estimate of drug-likeness (QED) is 0.730. The van der Waals surface area contributed by atoms with Gasteiger partial charge in [0.1, 0.15) is 11.6 Å². The van der Waals surface area contributed by atoms with Crippen molar-refractivity contribution >= 4 is 5.95 Å². The van der Waals surface area contributed by atoms with Crippen LogP contribution in [0.25, 0.3) is 5.82 Å². The molecule has 0 aliphatic carbocycles. The molecule has 0 saturated carbocycles. The molecule has 1 aliphatic heterocycles. The smallest absolute Gasteiger partial charge is 0.225 e. The highest BCUT2D eigenvalue weighted by molar-refractivity contribution is 5.37. The summed E-state index contributed by atoms with van der Waals surface area (Å²) in [6, 6.07) is 8.27. The Morgan fingerprint density at radius 1 is 1.04 bits per heavy atom. The van der Waals surface area contributed by atoms with Crippen LogP contribution in [0.4, 0.5) is 5.95 Å². The topological polar surface area (TPSA) is 59.7 Å². The van der Waals surface area contributed by atoms with Crippen LogP contribution < -0.4 is 4.90 Å². The normalized spacial score (nSPS) is 17.4. The average Bonchev–Trinajstić information content (AvgIpc) is 3.32. The van der Waals surface area contributed by atoms with Crippen molar-refractivity contribution < 1.29 is 0 Å². The highest BCUT2D eigenvalue weighted by Crippen LogP contribution is 2.33. The van der Waals surface area contributed by atoms with Gasteiger partial charge in [-0.1, -0.05) is 19.9 Å². The molecule has 3 aromatic rings. The van der Waals surface area contributed by atoms with Crippen molar-refractivity contribution in [1.29, 1.82) is 0 Å². The first-order valence-corrected chi connectivity index (χ1v) is 8.78. The van der Waals surface area contributed by atoms with E-state index in [1.54, 1.807) is 12.4 Å². The van der Waals surface area contributed by atoms with Gasteiger partial charge in [-0.25, -0.2) is 19.9 Å². The van der Waals surface area contributed by atoms with E-state index in [2.05, 4.69) is 50.4 Å². The molecular formula is C19H22N6. The molecule has 25 heavy (non-hydrogen) atoms. The fourth-order valence-corrected chi connectivity index (χ4v) is 3.45. The Kier molecular flexibility index (Phi) is 4.17. The van der Waals surface area contributed by atoms with Crippen molar-refractivity contribution in [1.82, 2.24) is 24.5 Å². The van der Waals surface area contributed by atoms with Crippen molar-refractivity contribution in [2.45, 2.75) is 38.6 Å². The molecular weight excluding hydrogens is 312 g/mol. The molecule has 4 heterocycles. The molecule has 6 heteroatoms. The predicted molar refractivity (Wildman–Crippen MR) is 96.8 cm³/mol. The third kappa shape index (κ3) is 2.99. The Bertz CT molecular complexity index is 842. The molecule has 4 rings (SSSR count). The zero-order valence-electron chi connectivity index (χ0n) is 14.6. The minimum absolute atomic E-state index is 0.216. The van der Waals surface area contributed by atoms with Crippen LogP contribution >= 0.6 is 0 Å². The van der Waals surface area contributed by atoms with Gasteiger partial charge in [-0.2, -0.15) is 0 Å². The number of aromatic nitrogens is 5. The number of hydrogen-bond acceptors (Lipinski definition) is 5. The third-order valence-electron chi connectivity index (χ3n) is 4.59. The average molecular weight is 334 g/mol. The molecule has 0 radical (unpaired) electrons. The van der Waals surface area contributed by atoms with Crippen LogP contribution in [-0.2, 0) is 0 Å². The van der Waals surface area contributed by atoms with Crippen molar-refractivity contribution in [3.05, 3.63) is 60.6 Å². The summed E-state index contributed by atoms with van der Waals surface area (Å²) in [6.07, 6.45) is 9.59. The van der Waals surface area contributed by atoms with Crippen molar-refractivity contribution in [3.63, 3.8) is 0 Å². The minimum atomic E-state index is 0.216. The lowest BCUT2D eigenvalue weighted by Gasteiger charge is -2.24. The Labute approximate surface area is 147 Å². The fraction of sp³-hybridized carbons (Fsp3) is 0.368. The first-order chi connectivity index (χ1) is 12.2. The number of nitrogens with zero attached hydrogens (tertiary/aromatic N) is 6. The summed E-state index contributed by atoms with van der Waals surface area (Å²) in [5.41, 5.74) is 1.06. The Balaban J connectivity index is 1.68. The Morgan fingerprint density at radius 2 is 1.88 bits per heavy atom. The minimum Gasteiger partial charge on any atom is -0.332 e. The Hall–Kier alpha value is -2.76. The maximum Gasteiger partial charge on any atom is 0.225 e. The largest absolute Gasteiger partial charge is 0.332 e. The fourth-order valence-electron chi connectivity index (χ4n) is 3.45. The van der Waals surface area contributed by atoms with Crippen LogP contribution in [0, 0.1) is 0 Å². The second-order valence-electron chi connectivity index (χ2n) is 6.63. The van der Waals surface area contributed by atoms with Gasteiger partial charge in [-0.05, 0) is 31.0 Å². The molecule has 1 aliphatic rings. The molecule has 0 bridgehead atoms. The number of anilines is 1. The molecule has 1 atom stereocenters. The van der Waals surface area contributed by atoms with Crippen LogP contribution in [-0.4, -0.2) is 31.0 Å². The van der Waals surface area contributed by atoms with Gasteiger partial charge in [-0.3, -0.25) is 4.57 Å². The SMILES string of the molecule is CC(C)c1nccn1-c1cccc([C@H]2CCCN2c2ncccn2)n1. The van der Waals surface area contributed by atoms with E-state index in [0.29, 0.717) is 5.92 Å². The molecule has 0 amide bonds. The number of hydrogen-bond donors (Lipinski definition) is 0. The summed E-state index contributed by atoms with van der Waals surface area (Å²) in [6.45, 7) is 5.26. The van der Waals surface area contributed by atoms with Gasteiger partial charge in [0.25, 0.3) is 0 Å². The number of rotatable bonds is 4. The van der Waals surface area contributed by atoms with Gasteiger partial charge in [0, 0.05) is 37.3 Å². The van der Waals surface area contributed by atoms with Crippen LogP contribution in [0.1, 0.15) is 50.2 Å². The standard InChI is InChI=1S/C19H22N6/c1-14(2)18-20-11-13-25(18)17-8-3-6-15(23-17)16-7-4-12-24(16)19-21-9-5-10-22-19/h3,5-6,8-11,13-14,16H,4,7,12H2,1-2H3/t16-/m1/s1. The van der Waals surface area contributed by atoms with E-state index < -0.39 is 0 Å². The molecule has 0 unspecified atom stereocenters. The van der Waals surface area contributed by atoms with Crippen LogP contribution in [0.2, 0.25) is 0 Å². The second-order valence-corrected chi connectivity index (χ2v) is 6.63. The maximum absolute atomic E-state index is 4.94. The van der Waals surface area contributed by atoms with Gasteiger partial charge >= 0.3 is 0 Å². The highest BCUT2D eigenvalue weighted by atomic mass is 15.3. The highest BCUT2D eigenvalue weighted by Gasteiger charge is 2.29. The molecule has 1 fully saturated rings. The molecule has 0 N–H and O–H groups in total. The first kappa shape index (κ1) is 15.7. The monoisotopic (exact) mass is 334 g/mol. The lowest BCUT2D eigenvalue weighted by atomic mass is 10.1. The maximum atomic E-state index is 4.94. The van der Waals surface area contributed by atoms with E-state index >= 15 is 0 Å². The first-order valence-electron chi connectivity index (χ1n) is 8.78. The summed E-state index contributed by atoms with van der Waals surface area (Å²) in [7, 11) is 0. The summed E-state index contributed by atoms with van der Waals surface area (Å²) >= 11 is 0. The van der Waals surface area contributed by atoms with Crippen molar-refractivity contribution in [2.75, 3.05) is 11.4 Å². The summed E-state index contributed by atoms with van der Waals surface area (Å²) < 4.78 is 2.08. The van der Waals surface area contributed by atoms with Crippen molar-refractivity contribution in [2.24, 2.45) is 0 Å². The van der Waals surface area contributed by atoms with E-state index in [1.807, 2.05) is 24.5 Å². The third-order valence-corrected chi connectivity index (χ3v) is 4.59. The zero-order valence-corrected chi connectivity index (χ0v) is 14.6. The van der Waals surface area contributed by atoms with Crippen LogP contribution in [0.15, 0.2) is 49.1 Å². The van der Waals surface area contributed by atoms with Crippen LogP contribution in [0.5, 0.6) is 0 Å². The van der Waals surface area contributed by atoms with Crippen LogP contribution in [0.3, 0.4) is 0 Å². The molecule has 6 nitrogen and oxygen atoms in total. The lowest BCUT2D eigenvalue weighted by molar-refractivity contribution is 0.672. The van der Waals surface area contributed by atoms with Gasteiger partial charge in [0.15, 0.2) is 0 Å². The summed E-state index contributed by atoms with van der Waals surface area (Å²) in [4.78, 5) is 20.5. The number of imidazole rings is 1. The zero-order chi connectivity index (χ0) is 17.2. The summed E-state index contributed by atoms with van der Waals surface area (Å²) in [5.74, 6) is 3.07. The van der Waals surface area contributed by atoms with E-state index in [0.717, 1.165) is 42.7 Å². The van der Waals surface area contributed by atoms with E-state index in [9.17, 15) is 0 Å². The summed E-state index contributed by atoms with van der Waals surface area (Å²) in [5, 5.41) is 0. The molecule has 1 saturated heterocycles. The van der Waals surface area contributed by atoms with Gasteiger partial charge in [0.05, 0.1) is 11.7 Å². The van der Waals surface area contributed by atoms with Gasteiger partial charge in [-0.15, -0.1) is 0 Å². The molecule has 128 valence electrons. The van der Waals surface area contributed by atoms with Gasteiger partial charge < -0.3 is 4.90 Å². The second kappa shape index (κ2) is 6.63. The van der Waals surface area contributed by atoms with E-state index in [1.165, 1.54) is 0 Å². The van der Waals surface area contributed by atoms with E-state index in [-0.39, 0.29) is 6.04 Å².